The van der Waals surface area contributed by atoms with Crippen LogP contribution in [0.2, 0.25) is 0 Å². The SMILES string of the molecule is Nc1ncnc2c1c(-c1ccc(Oc3ccccc3)cc1)nn2C1CCC(N2CCN(CC3CN(c4cccc5c4C(=O)N(C4CCC(=O)NC4=O)C5=O)C3)CC2)CC1.O=S(=O)(O)O. The Kier molecular flexibility index (Phi) is 11.9. The van der Waals surface area contributed by atoms with Gasteiger partial charge in [-0.3, -0.25) is 43.4 Å². The van der Waals surface area contributed by atoms with Crippen LogP contribution >= 0.6 is 0 Å². The molecule has 6 heterocycles. The molecule has 1 aliphatic carbocycles. The molecule has 4 fully saturated rings. The Morgan fingerprint density at radius 2 is 1.45 bits per heavy atom. The normalized spacial score (nSPS) is 22.2. The number of piperazine rings is 1. The molecule has 5 N–H and O–H groups in total. The molecule has 5 aliphatic rings. The summed E-state index contributed by atoms with van der Waals surface area (Å²) in [4.78, 5) is 68.6. The number of amides is 4. The molecule has 0 spiro atoms. The molecular formula is C44H48N10O9S. The zero-order chi connectivity index (χ0) is 44.7. The van der Waals surface area contributed by atoms with Gasteiger partial charge in [-0.25, -0.2) is 14.6 Å². The second-order valence-corrected chi connectivity index (χ2v) is 17.8. The fraction of sp³-hybridized carbons (Fsp3) is 0.386. The van der Waals surface area contributed by atoms with E-state index in [2.05, 4.69) is 34.7 Å². The number of nitrogens with two attached hydrogens (primary N) is 1. The highest BCUT2D eigenvalue weighted by molar-refractivity contribution is 7.79. The van der Waals surface area contributed by atoms with Crippen molar-refractivity contribution in [3.05, 3.63) is 90.3 Å². The number of para-hydroxylation sites is 1. The minimum Gasteiger partial charge on any atom is -0.457 e. The number of anilines is 2. The maximum Gasteiger partial charge on any atom is 0.394 e. The molecule has 1 atom stereocenters. The topological polar surface area (TPSA) is 247 Å². The molecule has 20 heteroatoms. The van der Waals surface area contributed by atoms with Crippen molar-refractivity contribution in [1.29, 1.82) is 0 Å². The number of nitrogens with zero attached hydrogens (tertiary/aromatic N) is 8. The number of fused-ring (bicyclic) bond motifs is 2. The molecule has 1 saturated carbocycles. The van der Waals surface area contributed by atoms with Crippen LogP contribution in [0.25, 0.3) is 22.3 Å². The molecule has 2 aromatic heterocycles. The van der Waals surface area contributed by atoms with Gasteiger partial charge >= 0.3 is 10.4 Å². The summed E-state index contributed by atoms with van der Waals surface area (Å²) >= 11 is 0. The predicted molar refractivity (Wildman–Crippen MR) is 234 cm³/mol. The summed E-state index contributed by atoms with van der Waals surface area (Å²) in [5, 5.41) is 8.19. The van der Waals surface area contributed by atoms with E-state index in [0.29, 0.717) is 28.9 Å². The van der Waals surface area contributed by atoms with Crippen molar-refractivity contribution in [1.82, 2.24) is 39.8 Å². The van der Waals surface area contributed by atoms with Crippen LogP contribution in [-0.4, -0.2) is 133 Å². The van der Waals surface area contributed by atoms with Gasteiger partial charge in [0.05, 0.1) is 28.2 Å². The number of nitrogen functional groups attached to an aromatic ring is 1. The van der Waals surface area contributed by atoms with Crippen LogP contribution in [0, 0.1) is 5.92 Å². The number of ether oxygens (including phenoxy) is 1. The summed E-state index contributed by atoms with van der Waals surface area (Å²) in [6, 6.07) is 22.8. The molecule has 334 valence electrons. The summed E-state index contributed by atoms with van der Waals surface area (Å²) in [6.07, 6.45) is 5.97. The third-order valence-corrected chi connectivity index (χ3v) is 12.8. The standard InChI is InChI=1S/C44H46N10O5.H2O4S/c45-40-38-39(28-9-15-32(16-10-28)59-31-5-2-1-3-6-31)49-54(41(38)47-26-46-40)30-13-11-29(12-14-30)51-21-19-50(20-22-51)23-27-24-52(25-27)34-8-4-7-33-37(34)44(58)53(43(33)57)35-17-18-36(55)48-42(35)56;1-5(2,3)4/h1-10,15-16,26-27,29-30,35H,11-14,17-25H2,(H2,45,46,47)(H,48,55,56);(H2,1,2,3,4). The van der Waals surface area contributed by atoms with Crippen LogP contribution in [0.1, 0.15) is 65.3 Å². The Bertz CT molecular complexity index is 2690. The van der Waals surface area contributed by atoms with Crippen molar-refractivity contribution in [2.75, 3.05) is 56.4 Å². The second-order valence-electron chi connectivity index (χ2n) is 16.9. The number of carbonyl (C=O) groups is 4. The first-order valence-electron chi connectivity index (χ1n) is 21.4. The lowest BCUT2D eigenvalue weighted by atomic mass is 9.89. The second kappa shape index (κ2) is 17.7. The van der Waals surface area contributed by atoms with Gasteiger partial charge in [0.25, 0.3) is 11.8 Å². The van der Waals surface area contributed by atoms with Crippen molar-refractivity contribution >= 4 is 56.6 Å². The van der Waals surface area contributed by atoms with Gasteiger partial charge < -0.3 is 20.3 Å². The Hall–Kier alpha value is -6.32. The summed E-state index contributed by atoms with van der Waals surface area (Å²) in [5.74, 6) is 0.502. The monoisotopic (exact) mass is 892 g/mol. The van der Waals surface area contributed by atoms with Crippen LogP contribution in [0.4, 0.5) is 11.5 Å². The lowest BCUT2D eigenvalue weighted by molar-refractivity contribution is -0.136. The number of hydrogen-bond donors (Lipinski definition) is 4. The fourth-order valence-electron chi connectivity index (χ4n) is 9.74. The molecule has 4 aliphatic heterocycles. The van der Waals surface area contributed by atoms with Crippen molar-refractivity contribution in [2.24, 2.45) is 5.92 Å². The lowest BCUT2D eigenvalue weighted by Crippen LogP contribution is -2.56. The van der Waals surface area contributed by atoms with E-state index in [9.17, 15) is 19.2 Å². The van der Waals surface area contributed by atoms with E-state index in [4.69, 9.17) is 33.1 Å². The van der Waals surface area contributed by atoms with Crippen LogP contribution in [0.3, 0.4) is 0 Å². The highest BCUT2D eigenvalue weighted by atomic mass is 32.3. The fourth-order valence-corrected chi connectivity index (χ4v) is 9.74. The summed E-state index contributed by atoms with van der Waals surface area (Å²) < 4.78 is 39.7. The van der Waals surface area contributed by atoms with E-state index < -0.39 is 34.2 Å². The third-order valence-electron chi connectivity index (χ3n) is 12.8. The Morgan fingerprint density at radius 3 is 2.14 bits per heavy atom. The minimum atomic E-state index is -4.67. The quantitative estimate of drug-likeness (QED) is 0.121. The Balaban J connectivity index is 0.000000984. The van der Waals surface area contributed by atoms with E-state index in [-0.39, 0.29) is 24.8 Å². The van der Waals surface area contributed by atoms with E-state index in [1.165, 1.54) is 6.33 Å². The van der Waals surface area contributed by atoms with E-state index in [1.54, 1.807) is 12.1 Å². The van der Waals surface area contributed by atoms with Crippen LogP contribution in [-0.2, 0) is 20.0 Å². The van der Waals surface area contributed by atoms with Gasteiger partial charge in [-0.05, 0) is 80.6 Å². The van der Waals surface area contributed by atoms with Gasteiger partial charge in [0, 0.05) is 69.8 Å². The van der Waals surface area contributed by atoms with Crippen molar-refractivity contribution in [3.63, 3.8) is 0 Å². The maximum absolute atomic E-state index is 13.6. The molecule has 10 rings (SSSR count). The van der Waals surface area contributed by atoms with E-state index >= 15 is 0 Å². The Morgan fingerprint density at radius 1 is 0.781 bits per heavy atom. The van der Waals surface area contributed by atoms with Gasteiger partial charge in [-0.1, -0.05) is 24.3 Å². The molecule has 5 aromatic rings. The number of benzene rings is 3. The molecular weight excluding hydrogens is 845 g/mol. The van der Waals surface area contributed by atoms with Gasteiger partial charge in [-0.2, -0.15) is 13.5 Å². The first-order valence-corrected chi connectivity index (χ1v) is 22.8. The van der Waals surface area contributed by atoms with Crippen LogP contribution in [0.5, 0.6) is 11.5 Å². The predicted octanol–water partition coefficient (Wildman–Crippen LogP) is 3.85. The molecule has 0 bridgehead atoms. The molecule has 19 nitrogen and oxygen atoms in total. The molecule has 1 unspecified atom stereocenters. The molecule has 4 amide bonds. The van der Waals surface area contributed by atoms with Crippen molar-refractivity contribution < 1.29 is 41.4 Å². The smallest absolute Gasteiger partial charge is 0.394 e. The number of carbonyl (C=O) groups excluding carboxylic acids is 4. The van der Waals surface area contributed by atoms with E-state index in [0.717, 1.165) is 116 Å². The average Bonchev–Trinajstić information content (AvgIpc) is 3.78. The van der Waals surface area contributed by atoms with Crippen LogP contribution in [0.15, 0.2) is 79.1 Å². The number of aromatic nitrogens is 4. The largest absolute Gasteiger partial charge is 0.457 e. The molecule has 3 saturated heterocycles. The molecule has 0 radical (unpaired) electrons. The average molecular weight is 893 g/mol. The third kappa shape index (κ3) is 8.91. The number of nitrogens with one attached hydrogen (secondary N) is 1. The van der Waals surface area contributed by atoms with E-state index in [1.807, 2.05) is 60.7 Å². The lowest BCUT2D eigenvalue weighted by Gasteiger charge is -2.46. The molecule has 3 aromatic carbocycles. The minimum absolute atomic E-state index is 0.0982. The first kappa shape index (κ1) is 43.0. The van der Waals surface area contributed by atoms with Crippen molar-refractivity contribution in [2.45, 2.75) is 56.7 Å². The number of piperidine rings is 1. The highest BCUT2D eigenvalue weighted by Crippen LogP contribution is 2.39. The first-order chi connectivity index (χ1) is 30.8. The number of rotatable bonds is 9. The highest BCUT2D eigenvalue weighted by Gasteiger charge is 2.47. The summed E-state index contributed by atoms with van der Waals surface area (Å²) in [6.45, 7) is 6.70. The number of imide groups is 2. The number of hydrogen-bond acceptors (Lipinski definition) is 14. The summed E-state index contributed by atoms with van der Waals surface area (Å²) in [5.41, 5.74) is 10.4. The molecule has 64 heavy (non-hydrogen) atoms. The maximum atomic E-state index is 13.6. The van der Waals surface area contributed by atoms with Gasteiger partial charge in [0.2, 0.25) is 11.8 Å². The Labute approximate surface area is 368 Å². The van der Waals surface area contributed by atoms with Gasteiger partial charge in [0.15, 0.2) is 5.65 Å². The van der Waals surface area contributed by atoms with Gasteiger partial charge in [-0.15, -0.1) is 0 Å². The van der Waals surface area contributed by atoms with Crippen LogP contribution < -0.4 is 20.7 Å². The zero-order valence-corrected chi connectivity index (χ0v) is 35.6. The van der Waals surface area contributed by atoms with Crippen molar-refractivity contribution in [3.8, 4) is 22.8 Å². The zero-order valence-electron chi connectivity index (χ0n) is 34.8. The van der Waals surface area contributed by atoms with Gasteiger partial charge in [0.1, 0.15) is 35.4 Å². The summed E-state index contributed by atoms with van der Waals surface area (Å²) in [7, 11) is -4.67.